The van der Waals surface area contributed by atoms with Crippen LogP contribution in [0.2, 0.25) is 0 Å². The largest absolute Gasteiger partial charge is 0.372 e. The summed E-state index contributed by atoms with van der Waals surface area (Å²) >= 11 is 0. The number of rotatable bonds is 3. The van der Waals surface area contributed by atoms with Gasteiger partial charge in [0.1, 0.15) is 6.10 Å². The molecule has 1 aliphatic rings. The second kappa shape index (κ2) is 7.04. The Hall–Kier alpha value is -0.320. The predicted molar refractivity (Wildman–Crippen MR) is 62.3 cm³/mol. The van der Waals surface area contributed by atoms with Crippen molar-refractivity contribution in [3.63, 3.8) is 0 Å². The Bertz CT molecular complexity index is 202. The van der Waals surface area contributed by atoms with Crippen molar-refractivity contribution in [3.05, 3.63) is 0 Å². The maximum Gasteiger partial charge on any atom is 0.249 e. The Morgan fingerprint density at radius 1 is 1.60 bits per heavy atom. The number of hydrogen-bond donors (Lipinski definition) is 2. The molecule has 0 aromatic carbocycles. The van der Waals surface area contributed by atoms with Gasteiger partial charge in [-0.2, -0.15) is 0 Å². The fourth-order valence-electron chi connectivity index (χ4n) is 1.65. The van der Waals surface area contributed by atoms with Gasteiger partial charge < -0.3 is 15.4 Å². The molecule has 0 bridgehead atoms. The van der Waals surface area contributed by atoms with E-state index in [1.807, 2.05) is 0 Å². The fraction of sp³-hybridized carbons (Fsp3) is 0.900. The van der Waals surface area contributed by atoms with Gasteiger partial charge in [-0.3, -0.25) is 4.79 Å². The lowest BCUT2D eigenvalue weighted by Gasteiger charge is -2.31. The molecule has 3 unspecified atom stereocenters. The molecule has 2 N–H and O–H groups in total. The first-order valence-electron chi connectivity index (χ1n) is 5.21. The monoisotopic (exact) mass is 236 g/mol. The van der Waals surface area contributed by atoms with Crippen LogP contribution < -0.4 is 10.6 Å². The first kappa shape index (κ1) is 14.7. The molecule has 5 heteroatoms. The second-order valence-electron chi connectivity index (χ2n) is 3.88. The average Bonchev–Trinajstić information content (AvgIpc) is 2.20. The van der Waals surface area contributed by atoms with E-state index in [2.05, 4.69) is 17.6 Å². The van der Waals surface area contributed by atoms with E-state index in [-0.39, 0.29) is 30.5 Å². The summed E-state index contributed by atoms with van der Waals surface area (Å²) in [6, 6.07) is 0.602. The summed E-state index contributed by atoms with van der Waals surface area (Å²) in [5.74, 6) is -0.0203. The highest BCUT2D eigenvalue weighted by atomic mass is 35.5. The number of ether oxygens (including phenoxy) is 1. The van der Waals surface area contributed by atoms with Gasteiger partial charge in [-0.15, -0.1) is 12.4 Å². The highest BCUT2D eigenvalue weighted by Gasteiger charge is 2.24. The van der Waals surface area contributed by atoms with Crippen molar-refractivity contribution in [3.8, 4) is 0 Å². The van der Waals surface area contributed by atoms with Crippen molar-refractivity contribution in [1.29, 1.82) is 0 Å². The van der Waals surface area contributed by atoms with E-state index in [1.165, 1.54) is 0 Å². The highest BCUT2D eigenvalue weighted by molar-refractivity contribution is 5.85. The van der Waals surface area contributed by atoms with Crippen molar-refractivity contribution >= 4 is 18.3 Å². The summed E-state index contributed by atoms with van der Waals surface area (Å²) in [4.78, 5) is 11.5. The maximum absolute atomic E-state index is 11.5. The van der Waals surface area contributed by atoms with Gasteiger partial charge in [0.25, 0.3) is 0 Å². The average molecular weight is 237 g/mol. The minimum absolute atomic E-state index is 0. The van der Waals surface area contributed by atoms with Crippen LogP contribution in [0.3, 0.4) is 0 Å². The molecule has 90 valence electrons. The molecular formula is C10H21ClN2O2. The van der Waals surface area contributed by atoms with Crippen LogP contribution in [-0.4, -0.2) is 37.7 Å². The van der Waals surface area contributed by atoms with Gasteiger partial charge >= 0.3 is 0 Å². The van der Waals surface area contributed by atoms with Crippen molar-refractivity contribution in [2.75, 3.05) is 13.7 Å². The molecule has 1 amide bonds. The maximum atomic E-state index is 11.5. The molecule has 0 radical (unpaired) electrons. The van der Waals surface area contributed by atoms with Crippen molar-refractivity contribution < 1.29 is 9.53 Å². The van der Waals surface area contributed by atoms with Crippen LogP contribution in [0.25, 0.3) is 0 Å². The molecule has 0 aliphatic carbocycles. The molecule has 4 nitrogen and oxygen atoms in total. The zero-order valence-electron chi connectivity index (χ0n) is 9.58. The molecule has 1 heterocycles. The quantitative estimate of drug-likeness (QED) is 0.759. The van der Waals surface area contributed by atoms with Gasteiger partial charge in [-0.05, 0) is 33.2 Å². The third-order valence-electron chi connectivity index (χ3n) is 2.81. The summed E-state index contributed by atoms with van der Waals surface area (Å²) < 4.78 is 4.96. The van der Waals surface area contributed by atoms with Gasteiger partial charge in [0.05, 0.1) is 0 Å². The Labute approximate surface area is 97.5 Å². The molecule has 1 saturated heterocycles. The summed E-state index contributed by atoms with van der Waals surface area (Å²) in [7, 11) is 1.55. The summed E-state index contributed by atoms with van der Waals surface area (Å²) in [5, 5.41) is 6.33. The van der Waals surface area contributed by atoms with Gasteiger partial charge in [0.15, 0.2) is 0 Å². The first-order chi connectivity index (χ1) is 6.65. The Morgan fingerprint density at radius 2 is 2.27 bits per heavy atom. The fourth-order valence-corrected chi connectivity index (χ4v) is 1.65. The lowest BCUT2D eigenvalue weighted by molar-refractivity contribution is -0.131. The minimum atomic E-state index is -0.357. The molecular weight excluding hydrogens is 216 g/mol. The standard InChI is InChI=1S/C10H20N2O2.ClH/c1-7-9(5-4-6-11-7)12-10(13)8(2)14-3;/h7-9,11H,4-6H2,1-3H3,(H,12,13);1H. The number of methoxy groups -OCH3 is 1. The zero-order chi connectivity index (χ0) is 10.6. The van der Waals surface area contributed by atoms with E-state index < -0.39 is 0 Å². The van der Waals surface area contributed by atoms with E-state index in [0.717, 1.165) is 19.4 Å². The molecule has 0 spiro atoms. The number of carbonyl (C=O) groups is 1. The van der Waals surface area contributed by atoms with E-state index in [1.54, 1.807) is 14.0 Å². The number of piperidine rings is 1. The van der Waals surface area contributed by atoms with E-state index in [0.29, 0.717) is 6.04 Å². The van der Waals surface area contributed by atoms with Crippen LogP contribution in [0.4, 0.5) is 0 Å². The Kier molecular flexibility index (Phi) is 6.89. The third-order valence-corrected chi connectivity index (χ3v) is 2.81. The van der Waals surface area contributed by atoms with Crippen LogP contribution in [-0.2, 0) is 9.53 Å². The van der Waals surface area contributed by atoms with Crippen LogP contribution >= 0.6 is 12.4 Å². The normalized spacial score (nSPS) is 27.7. The zero-order valence-corrected chi connectivity index (χ0v) is 10.4. The Balaban J connectivity index is 0.00000196. The third kappa shape index (κ3) is 4.36. The summed E-state index contributed by atoms with van der Waals surface area (Å²) in [6.45, 7) is 4.91. The number of amides is 1. The molecule has 0 aromatic heterocycles. The van der Waals surface area contributed by atoms with E-state index in [9.17, 15) is 4.79 Å². The number of carbonyl (C=O) groups excluding carboxylic acids is 1. The second-order valence-corrected chi connectivity index (χ2v) is 3.88. The molecule has 3 atom stereocenters. The Morgan fingerprint density at radius 3 is 2.80 bits per heavy atom. The molecule has 0 saturated carbocycles. The summed E-state index contributed by atoms with van der Waals surface area (Å²) in [5.41, 5.74) is 0. The van der Waals surface area contributed by atoms with Gasteiger partial charge in [-0.1, -0.05) is 0 Å². The van der Waals surface area contributed by atoms with Crippen molar-refractivity contribution in [1.82, 2.24) is 10.6 Å². The smallest absolute Gasteiger partial charge is 0.249 e. The van der Waals surface area contributed by atoms with Crippen LogP contribution in [0.5, 0.6) is 0 Å². The van der Waals surface area contributed by atoms with Gasteiger partial charge in [0, 0.05) is 19.2 Å². The number of nitrogens with one attached hydrogen (secondary N) is 2. The van der Waals surface area contributed by atoms with Gasteiger partial charge in [0.2, 0.25) is 5.91 Å². The molecule has 1 rings (SSSR count). The molecule has 15 heavy (non-hydrogen) atoms. The van der Waals surface area contributed by atoms with Crippen molar-refractivity contribution in [2.24, 2.45) is 0 Å². The minimum Gasteiger partial charge on any atom is -0.372 e. The van der Waals surface area contributed by atoms with Crippen LogP contribution in [0.1, 0.15) is 26.7 Å². The van der Waals surface area contributed by atoms with Crippen LogP contribution in [0, 0.1) is 0 Å². The highest BCUT2D eigenvalue weighted by Crippen LogP contribution is 2.08. The lowest BCUT2D eigenvalue weighted by Crippen LogP contribution is -2.53. The first-order valence-corrected chi connectivity index (χ1v) is 5.21. The topological polar surface area (TPSA) is 50.4 Å². The number of hydrogen-bond acceptors (Lipinski definition) is 3. The van der Waals surface area contributed by atoms with Crippen LogP contribution in [0.15, 0.2) is 0 Å². The molecule has 1 aliphatic heterocycles. The lowest BCUT2D eigenvalue weighted by atomic mass is 10.00. The van der Waals surface area contributed by atoms with Crippen molar-refractivity contribution in [2.45, 2.75) is 44.9 Å². The predicted octanol–water partition coefficient (Wildman–Crippen LogP) is 0.700. The van der Waals surface area contributed by atoms with E-state index >= 15 is 0 Å². The summed E-state index contributed by atoms with van der Waals surface area (Å²) in [6.07, 6.45) is 1.82. The molecule has 0 aromatic rings. The molecule has 1 fully saturated rings. The SMILES string of the molecule is COC(C)C(=O)NC1CCCNC1C.Cl. The van der Waals surface area contributed by atoms with Gasteiger partial charge in [-0.25, -0.2) is 0 Å². The number of halogens is 1. The van der Waals surface area contributed by atoms with E-state index in [4.69, 9.17) is 4.74 Å².